The molecular formula is C14H22ClN3. The largest absolute Gasteiger partial charge is 0.369 e. The molecule has 0 amide bonds. The Morgan fingerprint density at radius 3 is 2.56 bits per heavy atom. The number of nitrogens with zero attached hydrogens (tertiary/aromatic N) is 2. The molecule has 2 rings (SSSR count). The van der Waals surface area contributed by atoms with Crippen LogP contribution in [0.2, 0.25) is 5.02 Å². The Morgan fingerprint density at radius 2 is 1.89 bits per heavy atom. The van der Waals surface area contributed by atoms with Crippen molar-refractivity contribution in [1.82, 2.24) is 4.90 Å². The number of piperazine rings is 1. The maximum Gasteiger partial charge on any atom is 0.0426 e. The van der Waals surface area contributed by atoms with Gasteiger partial charge in [0.2, 0.25) is 0 Å². The third-order valence-electron chi connectivity index (χ3n) is 3.47. The molecule has 100 valence electrons. The zero-order valence-corrected chi connectivity index (χ0v) is 11.6. The molecule has 0 aliphatic carbocycles. The molecule has 1 fully saturated rings. The van der Waals surface area contributed by atoms with Gasteiger partial charge in [-0.2, -0.15) is 0 Å². The first kappa shape index (κ1) is 13.7. The van der Waals surface area contributed by atoms with E-state index < -0.39 is 0 Å². The Morgan fingerprint density at radius 1 is 1.11 bits per heavy atom. The number of unbranched alkanes of at least 4 members (excludes halogenated alkanes) is 1. The van der Waals surface area contributed by atoms with Crippen molar-refractivity contribution in [3.63, 3.8) is 0 Å². The molecule has 3 nitrogen and oxygen atoms in total. The number of benzene rings is 1. The van der Waals surface area contributed by atoms with Gasteiger partial charge < -0.3 is 10.6 Å². The Kier molecular flexibility index (Phi) is 5.29. The summed E-state index contributed by atoms with van der Waals surface area (Å²) in [7, 11) is 0. The second kappa shape index (κ2) is 6.98. The number of nitrogens with two attached hydrogens (primary N) is 1. The Hall–Kier alpha value is -0.770. The van der Waals surface area contributed by atoms with Gasteiger partial charge in [-0.3, -0.25) is 4.90 Å². The second-order valence-corrected chi connectivity index (χ2v) is 5.24. The molecular weight excluding hydrogens is 246 g/mol. The molecule has 4 heteroatoms. The molecule has 1 aromatic carbocycles. The van der Waals surface area contributed by atoms with Crippen LogP contribution in [0.1, 0.15) is 12.8 Å². The summed E-state index contributed by atoms with van der Waals surface area (Å²) in [6.07, 6.45) is 2.35. The van der Waals surface area contributed by atoms with Crippen LogP contribution < -0.4 is 10.6 Å². The molecule has 2 N–H and O–H groups in total. The summed E-state index contributed by atoms with van der Waals surface area (Å²) in [5.41, 5.74) is 6.76. The molecule has 0 radical (unpaired) electrons. The normalized spacial score (nSPS) is 17.1. The van der Waals surface area contributed by atoms with Gasteiger partial charge in [-0.1, -0.05) is 17.7 Å². The summed E-state index contributed by atoms with van der Waals surface area (Å²) in [6.45, 7) is 6.43. The van der Waals surface area contributed by atoms with Crippen molar-refractivity contribution in [1.29, 1.82) is 0 Å². The lowest BCUT2D eigenvalue weighted by atomic mass is 10.2. The molecule has 0 bridgehead atoms. The van der Waals surface area contributed by atoms with E-state index >= 15 is 0 Å². The van der Waals surface area contributed by atoms with Gasteiger partial charge in [-0.05, 0) is 44.1 Å². The fraction of sp³-hybridized carbons (Fsp3) is 0.571. The smallest absolute Gasteiger partial charge is 0.0426 e. The standard InChI is InChI=1S/C14H22ClN3/c15-13-4-3-5-14(12-13)18-10-8-17(9-11-18)7-2-1-6-16/h3-5,12H,1-2,6-11,16H2. The molecule has 1 aliphatic heterocycles. The van der Waals surface area contributed by atoms with Crippen LogP contribution in [0.4, 0.5) is 5.69 Å². The fourth-order valence-corrected chi connectivity index (χ4v) is 2.57. The highest BCUT2D eigenvalue weighted by Crippen LogP contribution is 2.20. The van der Waals surface area contributed by atoms with Gasteiger partial charge in [0.1, 0.15) is 0 Å². The lowest BCUT2D eigenvalue weighted by Gasteiger charge is -2.36. The number of anilines is 1. The zero-order valence-electron chi connectivity index (χ0n) is 10.8. The van der Waals surface area contributed by atoms with Crippen molar-refractivity contribution in [2.24, 2.45) is 5.73 Å². The predicted molar refractivity (Wildman–Crippen MR) is 78.4 cm³/mol. The first-order valence-electron chi connectivity index (χ1n) is 6.72. The van der Waals surface area contributed by atoms with Crippen molar-refractivity contribution in [2.75, 3.05) is 44.2 Å². The minimum atomic E-state index is 0.808. The first-order valence-corrected chi connectivity index (χ1v) is 7.10. The minimum absolute atomic E-state index is 0.808. The average Bonchev–Trinajstić information content (AvgIpc) is 2.40. The minimum Gasteiger partial charge on any atom is -0.369 e. The Labute approximate surface area is 115 Å². The third kappa shape index (κ3) is 3.87. The Bertz CT molecular complexity index is 362. The molecule has 1 aliphatic rings. The van der Waals surface area contributed by atoms with E-state index in [2.05, 4.69) is 15.9 Å². The molecule has 1 aromatic rings. The van der Waals surface area contributed by atoms with Crippen molar-refractivity contribution in [3.05, 3.63) is 29.3 Å². The van der Waals surface area contributed by atoms with Crippen LogP contribution in [0.15, 0.2) is 24.3 Å². The SMILES string of the molecule is NCCCCN1CCN(c2cccc(Cl)c2)CC1. The highest BCUT2D eigenvalue weighted by atomic mass is 35.5. The zero-order chi connectivity index (χ0) is 12.8. The highest BCUT2D eigenvalue weighted by Gasteiger charge is 2.16. The molecule has 0 unspecified atom stereocenters. The lowest BCUT2D eigenvalue weighted by molar-refractivity contribution is 0.253. The van der Waals surface area contributed by atoms with Gasteiger partial charge in [-0.15, -0.1) is 0 Å². The van der Waals surface area contributed by atoms with Crippen molar-refractivity contribution in [2.45, 2.75) is 12.8 Å². The second-order valence-electron chi connectivity index (χ2n) is 4.80. The van der Waals surface area contributed by atoms with Gasteiger partial charge in [0.15, 0.2) is 0 Å². The molecule has 0 spiro atoms. The van der Waals surface area contributed by atoms with E-state index in [0.29, 0.717) is 0 Å². The van der Waals surface area contributed by atoms with Crippen molar-refractivity contribution < 1.29 is 0 Å². The number of hydrogen-bond acceptors (Lipinski definition) is 3. The molecule has 1 heterocycles. The number of halogens is 1. The van der Waals surface area contributed by atoms with Crippen LogP contribution >= 0.6 is 11.6 Å². The monoisotopic (exact) mass is 267 g/mol. The highest BCUT2D eigenvalue weighted by molar-refractivity contribution is 6.30. The van der Waals surface area contributed by atoms with Crippen LogP contribution in [-0.4, -0.2) is 44.2 Å². The maximum atomic E-state index is 6.03. The van der Waals surface area contributed by atoms with E-state index in [-0.39, 0.29) is 0 Å². The fourth-order valence-electron chi connectivity index (χ4n) is 2.38. The molecule has 18 heavy (non-hydrogen) atoms. The van der Waals surface area contributed by atoms with Crippen molar-refractivity contribution in [3.8, 4) is 0 Å². The van der Waals surface area contributed by atoms with Gasteiger partial charge in [0.25, 0.3) is 0 Å². The Balaban J connectivity index is 1.79. The summed E-state index contributed by atoms with van der Waals surface area (Å²) in [5, 5.41) is 0.817. The van der Waals surface area contributed by atoms with E-state index in [1.165, 1.54) is 18.7 Å². The van der Waals surface area contributed by atoms with Crippen LogP contribution in [-0.2, 0) is 0 Å². The van der Waals surface area contributed by atoms with E-state index in [4.69, 9.17) is 17.3 Å². The predicted octanol–water partition coefficient (Wildman–Crippen LogP) is 2.20. The average molecular weight is 268 g/mol. The molecule has 0 saturated carbocycles. The number of rotatable bonds is 5. The van der Waals surface area contributed by atoms with E-state index in [1.807, 2.05) is 18.2 Å². The number of hydrogen-bond donors (Lipinski definition) is 1. The van der Waals surface area contributed by atoms with Crippen LogP contribution in [0.25, 0.3) is 0 Å². The molecule has 0 aromatic heterocycles. The van der Waals surface area contributed by atoms with Crippen LogP contribution in [0.5, 0.6) is 0 Å². The van der Waals surface area contributed by atoms with Crippen LogP contribution in [0, 0.1) is 0 Å². The molecule has 1 saturated heterocycles. The summed E-state index contributed by atoms with van der Waals surface area (Å²) in [4.78, 5) is 4.93. The topological polar surface area (TPSA) is 32.5 Å². The summed E-state index contributed by atoms with van der Waals surface area (Å²) in [5.74, 6) is 0. The van der Waals surface area contributed by atoms with Gasteiger partial charge in [0, 0.05) is 36.9 Å². The lowest BCUT2D eigenvalue weighted by Crippen LogP contribution is -2.46. The third-order valence-corrected chi connectivity index (χ3v) is 3.71. The summed E-state index contributed by atoms with van der Waals surface area (Å²) >= 11 is 6.03. The van der Waals surface area contributed by atoms with Gasteiger partial charge >= 0.3 is 0 Å². The van der Waals surface area contributed by atoms with E-state index in [0.717, 1.165) is 44.2 Å². The van der Waals surface area contributed by atoms with E-state index in [1.54, 1.807) is 0 Å². The van der Waals surface area contributed by atoms with Crippen molar-refractivity contribution >= 4 is 17.3 Å². The van der Waals surface area contributed by atoms with E-state index in [9.17, 15) is 0 Å². The first-order chi connectivity index (χ1) is 8.79. The van der Waals surface area contributed by atoms with Gasteiger partial charge in [-0.25, -0.2) is 0 Å². The quantitative estimate of drug-likeness (QED) is 0.831. The summed E-state index contributed by atoms with van der Waals surface area (Å²) in [6, 6.07) is 8.13. The maximum absolute atomic E-state index is 6.03. The molecule has 0 atom stereocenters. The van der Waals surface area contributed by atoms with Crippen LogP contribution in [0.3, 0.4) is 0 Å². The van der Waals surface area contributed by atoms with Gasteiger partial charge in [0.05, 0.1) is 0 Å². The summed E-state index contributed by atoms with van der Waals surface area (Å²) < 4.78 is 0.